The lowest BCUT2D eigenvalue weighted by Gasteiger charge is -2.35. The molecule has 1 heterocycles. The van der Waals surface area contributed by atoms with Gasteiger partial charge in [-0.15, -0.1) is 0 Å². The minimum atomic E-state index is -1.91. The number of aliphatic hydroxyl groups excluding tert-OH is 1. The summed E-state index contributed by atoms with van der Waals surface area (Å²) < 4.78 is 14.3. The van der Waals surface area contributed by atoms with E-state index in [-0.39, 0.29) is 37.1 Å². The van der Waals surface area contributed by atoms with E-state index >= 15 is 0 Å². The van der Waals surface area contributed by atoms with E-state index in [1.807, 2.05) is 24.3 Å². The van der Waals surface area contributed by atoms with Crippen molar-refractivity contribution in [2.75, 3.05) is 6.54 Å². The van der Waals surface area contributed by atoms with Crippen LogP contribution in [-0.4, -0.2) is 58.1 Å². The Labute approximate surface area is 201 Å². The van der Waals surface area contributed by atoms with Crippen molar-refractivity contribution >= 4 is 17.7 Å². The fourth-order valence-corrected chi connectivity index (χ4v) is 4.42. The van der Waals surface area contributed by atoms with Crippen molar-refractivity contribution in [2.45, 2.75) is 96.6 Å². The number of hydrogen-bond acceptors (Lipinski definition) is 4. The van der Waals surface area contributed by atoms with E-state index in [4.69, 9.17) is 0 Å². The van der Waals surface area contributed by atoms with E-state index in [0.29, 0.717) is 6.54 Å². The number of alkyl halides is 1. The first-order valence-corrected chi connectivity index (χ1v) is 12.0. The third kappa shape index (κ3) is 5.77. The molecule has 3 atom stereocenters. The third-order valence-corrected chi connectivity index (χ3v) is 6.63. The number of benzene rings is 1. The fraction of sp³-hybridized carbons (Fsp3) is 0.654. The lowest BCUT2D eigenvalue weighted by atomic mass is 9.84. The molecule has 2 fully saturated rings. The SMILES string of the molecule is CC(C)(C)c1ccccc1CNC(=O)C1CC(O)CN1C(=O)C(NC(=O)C1(F)CC1)C(C)(C)C. The molecule has 8 heteroatoms. The van der Waals surface area contributed by atoms with Gasteiger partial charge >= 0.3 is 0 Å². The first-order chi connectivity index (χ1) is 15.6. The van der Waals surface area contributed by atoms with Gasteiger partial charge in [-0.25, -0.2) is 4.39 Å². The molecule has 1 saturated heterocycles. The summed E-state index contributed by atoms with van der Waals surface area (Å²) in [5, 5.41) is 15.8. The largest absolute Gasteiger partial charge is 0.391 e. The molecule has 34 heavy (non-hydrogen) atoms. The van der Waals surface area contributed by atoms with Crippen LogP contribution in [-0.2, 0) is 26.3 Å². The molecule has 0 radical (unpaired) electrons. The maximum absolute atomic E-state index is 14.3. The average molecular weight is 476 g/mol. The molecule has 0 bridgehead atoms. The number of likely N-dealkylation sites (tertiary alicyclic amines) is 1. The van der Waals surface area contributed by atoms with Crippen molar-refractivity contribution in [1.29, 1.82) is 0 Å². The van der Waals surface area contributed by atoms with E-state index in [0.717, 1.165) is 11.1 Å². The van der Waals surface area contributed by atoms with Crippen LogP contribution in [0.2, 0.25) is 0 Å². The first-order valence-electron chi connectivity index (χ1n) is 12.0. The van der Waals surface area contributed by atoms with Gasteiger partial charge in [0, 0.05) is 19.5 Å². The molecule has 3 rings (SSSR count). The second-order valence-electron chi connectivity index (χ2n) is 11.8. The fourth-order valence-electron chi connectivity index (χ4n) is 4.42. The maximum Gasteiger partial charge on any atom is 0.258 e. The number of rotatable bonds is 6. The molecule has 1 aliphatic heterocycles. The highest BCUT2D eigenvalue weighted by atomic mass is 19.1. The van der Waals surface area contributed by atoms with Crippen LogP contribution in [0.25, 0.3) is 0 Å². The smallest absolute Gasteiger partial charge is 0.258 e. The van der Waals surface area contributed by atoms with E-state index < -0.39 is 41.1 Å². The van der Waals surface area contributed by atoms with Gasteiger partial charge in [0.05, 0.1) is 6.10 Å². The van der Waals surface area contributed by atoms with Crippen molar-refractivity contribution in [3.05, 3.63) is 35.4 Å². The van der Waals surface area contributed by atoms with Gasteiger partial charge in [0.1, 0.15) is 12.1 Å². The normalized spacial score (nSPS) is 22.8. The topological polar surface area (TPSA) is 98.7 Å². The summed E-state index contributed by atoms with van der Waals surface area (Å²) in [6, 6.07) is 5.99. The summed E-state index contributed by atoms with van der Waals surface area (Å²) in [5.41, 5.74) is -0.618. The van der Waals surface area contributed by atoms with Gasteiger partial charge in [-0.2, -0.15) is 0 Å². The Hall–Kier alpha value is -2.48. The summed E-state index contributed by atoms with van der Waals surface area (Å²) >= 11 is 0. The van der Waals surface area contributed by atoms with Gasteiger partial charge in [-0.05, 0) is 34.8 Å². The Balaban J connectivity index is 1.75. The van der Waals surface area contributed by atoms with Crippen molar-refractivity contribution in [1.82, 2.24) is 15.5 Å². The number of nitrogens with one attached hydrogen (secondary N) is 2. The first kappa shape index (κ1) is 26.1. The van der Waals surface area contributed by atoms with Crippen LogP contribution in [0.15, 0.2) is 24.3 Å². The number of aliphatic hydroxyl groups is 1. The molecule has 3 unspecified atom stereocenters. The number of amides is 3. The summed E-state index contributed by atoms with van der Waals surface area (Å²) in [5.74, 6) is -1.64. The van der Waals surface area contributed by atoms with Crippen LogP contribution < -0.4 is 10.6 Å². The number of nitrogens with zero attached hydrogens (tertiary/aromatic N) is 1. The van der Waals surface area contributed by atoms with Gasteiger partial charge < -0.3 is 20.6 Å². The standard InChI is InChI=1S/C26H38FN3O4/c1-24(2,3)18-10-8-7-9-16(18)14-28-21(32)19-13-17(31)15-30(19)22(33)20(25(4,5)6)29-23(34)26(27)11-12-26/h7-10,17,19-20,31H,11-15H2,1-6H3,(H,28,32)(H,29,34). The molecule has 188 valence electrons. The van der Waals surface area contributed by atoms with Crippen molar-refractivity contribution in [3.63, 3.8) is 0 Å². The van der Waals surface area contributed by atoms with Gasteiger partial charge in [-0.1, -0.05) is 65.8 Å². The molecule has 1 aromatic rings. The molecular weight excluding hydrogens is 437 g/mol. The zero-order chi connectivity index (χ0) is 25.5. The minimum absolute atomic E-state index is 0.0152. The number of carbonyl (C=O) groups excluding carboxylic acids is 3. The van der Waals surface area contributed by atoms with E-state index in [2.05, 4.69) is 31.4 Å². The van der Waals surface area contributed by atoms with E-state index in [9.17, 15) is 23.9 Å². The number of β-amino-alcohol motifs (C(OH)–C–C–N with tert-alkyl or cyclic N) is 1. The molecule has 3 amide bonds. The Bertz CT molecular complexity index is 946. The third-order valence-electron chi connectivity index (χ3n) is 6.63. The summed E-state index contributed by atoms with van der Waals surface area (Å²) in [7, 11) is 0. The van der Waals surface area contributed by atoms with Gasteiger partial charge in [0.2, 0.25) is 11.8 Å². The van der Waals surface area contributed by atoms with Crippen LogP contribution in [0.1, 0.15) is 71.9 Å². The van der Waals surface area contributed by atoms with Gasteiger partial charge in [0.15, 0.2) is 5.67 Å². The second-order valence-corrected chi connectivity index (χ2v) is 11.8. The molecule has 0 aromatic heterocycles. The van der Waals surface area contributed by atoms with E-state index in [1.165, 1.54) is 4.90 Å². The lowest BCUT2D eigenvalue weighted by Crippen LogP contribution is -2.59. The molecule has 1 aromatic carbocycles. The zero-order valence-corrected chi connectivity index (χ0v) is 21.1. The Morgan fingerprint density at radius 1 is 1.15 bits per heavy atom. The Morgan fingerprint density at radius 3 is 2.32 bits per heavy atom. The summed E-state index contributed by atoms with van der Waals surface area (Å²) in [6.07, 6.45) is -0.453. The van der Waals surface area contributed by atoms with Crippen molar-refractivity contribution in [3.8, 4) is 0 Å². The Kier molecular flexibility index (Phi) is 7.14. The zero-order valence-electron chi connectivity index (χ0n) is 21.1. The molecule has 0 spiro atoms. The van der Waals surface area contributed by atoms with Crippen molar-refractivity contribution in [2.24, 2.45) is 5.41 Å². The molecule has 1 saturated carbocycles. The quantitative estimate of drug-likeness (QED) is 0.589. The van der Waals surface area contributed by atoms with Crippen LogP contribution in [0.3, 0.4) is 0 Å². The van der Waals surface area contributed by atoms with E-state index in [1.54, 1.807) is 20.8 Å². The molecule has 1 aliphatic carbocycles. The van der Waals surface area contributed by atoms with Crippen molar-refractivity contribution < 1.29 is 23.9 Å². The van der Waals surface area contributed by atoms with Crippen LogP contribution in [0.5, 0.6) is 0 Å². The summed E-state index contributed by atoms with van der Waals surface area (Å²) in [4.78, 5) is 40.3. The predicted octanol–water partition coefficient (Wildman–Crippen LogP) is 2.60. The second kappa shape index (κ2) is 9.29. The average Bonchev–Trinajstić information content (AvgIpc) is 3.37. The predicted molar refractivity (Wildman–Crippen MR) is 128 cm³/mol. The Morgan fingerprint density at radius 2 is 1.76 bits per heavy atom. The van der Waals surface area contributed by atoms with Crippen LogP contribution in [0, 0.1) is 5.41 Å². The lowest BCUT2D eigenvalue weighted by molar-refractivity contribution is -0.145. The highest BCUT2D eigenvalue weighted by molar-refractivity contribution is 5.95. The molecule has 7 nitrogen and oxygen atoms in total. The number of halogens is 1. The van der Waals surface area contributed by atoms with Gasteiger partial charge in [0.25, 0.3) is 5.91 Å². The van der Waals surface area contributed by atoms with Crippen LogP contribution >= 0.6 is 0 Å². The molecule has 3 N–H and O–H groups in total. The number of carbonyl (C=O) groups is 3. The van der Waals surface area contributed by atoms with Gasteiger partial charge in [-0.3, -0.25) is 14.4 Å². The molecule has 2 aliphatic rings. The monoisotopic (exact) mass is 475 g/mol. The highest BCUT2D eigenvalue weighted by Crippen LogP contribution is 2.40. The highest BCUT2D eigenvalue weighted by Gasteiger charge is 2.53. The van der Waals surface area contributed by atoms with Crippen LogP contribution in [0.4, 0.5) is 4.39 Å². The molecular formula is C26H38FN3O4. The minimum Gasteiger partial charge on any atom is -0.391 e. The number of hydrogen-bond donors (Lipinski definition) is 3. The summed E-state index contributed by atoms with van der Waals surface area (Å²) in [6.45, 7) is 11.9. The maximum atomic E-state index is 14.3.